The third kappa shape index (κ3) is 2.93. The number of ether oxygens (including phenoxy) is 1. The van der Waals surface area contributed by atoms with Crippen LogP contribution in [0, 0.1) is 0 Å². The summed E-state index contributed by atoms with van der Waals surface area (Å²) in [5, 5.41) is 0.611. The second-order valence-corrected chi connectivity index (χ2v) is 5.65. The normalized spacial score (nSPS) is 12.5. The van der Waals surface area contributed by atoms with Crippen LogP contribution in [0.1, 0.15) is 17.3 Å². The first-order valence-electron chi connectivity index (χ1n) is 7.18. The number of aromatic nitrogens is 2. The van der Waals surface area contributed by atoms with Crippen molar-refractivity contribution < 1.29 is 4.74 Å². The van der Waals surface area contributed by atoms with Gasteiger partial charge >= 0.3 is 0 Å². The molecule has 0 radical (unpaired) electrons. The van der Waals surface area contributed by atoms with E-state index in [1.54, 1.807) is 7.11 Å². The molecule has 3 N–H and O–H groups in total. The number of rotatable bonds is 5. The number of nitrogens with one attached hydrogen (secondary N) is 1. The van der Waals surface area contributed by atoms with Crippen LogP contribution in [0.4, 0.5) is 0 Å². The first kappa shape index (κ1) is 14.9. The quantitative estimate of drug-likeness (QED) is 0.757. The van der Waals surface area contributed by atoms with E-state index in [9.17, 15) is 0 Å². The fourth-order valence-electron chi connectivity index (χ4n) is 2.58. The minimum Gasteiger partial charge on any atom is -0.495 e. The van der Waals surface area contributed by atoms with Crippen LogP contribution in [0.2, 0.25) is 5.02 Å². The minimum atomic E-state index is 0.122. The molecule has 0 saturated carbocycles. The average Bonchev–Trinajstić information content (AvgIpc) is 2.96. The van der Waals surface area contributed by atoms with Crippen molar-refractivity contribution in [2.24, 2.45) is 5.73 Å². The Morgan fingerprint density at radius 2 is 2.09 bits per heavy atom. The zero-order valence-corrected chi connectivity index (χ0v) is 13.1. The molecule has 0 aliphatic heterocycles. The zero-order valence-electron chi connectivity index (χ0n) is 12.3. The van der Waals surface area contributed by atoms with Crippen molar-refractivity contribution >= 4 is 22.6 Å². The number of nitrogens with zero attached hydrogens (tertiary/aromatic N) is 1. The van der Waals surface area contributed by atoms with Gasteiger partial charge in [0.15, 0.2) is 0 Å². The van der Waals surface area contributed by atoms with Crippen LogP contribution in [-0.2, 0) is 6.42 Å². The van der Waals surface area contributed by atoms with Crippen LogP contribution in [0.3, 0.4) is 0 Å². The summed E-state index contributed by atoms with van der Waals surface area (Å²) in [7, 11) is 1.61. The van der Waals surface area contributed by atoms with E-state index in [2.05, 4.69) is 9.97 Å². The highest BCUT2D eigenvalue weighted by molar-refractivity contribution is 6.32. The van der Waals surface area contributed by atoms with Crippen molar-refractivity contribution in [3.05, 3.63) is 58.9 Å². The highest BCUT2D eigenvalue weighted by Gasteiger charge is 2.16. The van der Waals surface area contributed by atoms with Crippen LogP contribution >= 0.6 is 11.6 Å². The third-order valence-electron chi connectivity index (χ3n) is 3.78. The molecule has 114 valence electrons. The molecule has 0 aliphatic carbocycles. The van der Waals surface area contributed by atoms with Gasteiger partial charge in [0.1, 0.15) is 11.6 Å². The molecule has 0 aliphatic rings. The van der Waals surface area contributed by atoms with Gasteiger partial charge in [-0.05, 0) is 36.2 Å². The van der Waals surface area contributed by atoms with Gasteiger partial charge in [0.05, 0.1) is 23.2 Å². The fraction of sp³-hybridized carbons (Fsp3) is 0.235. The van der Waals surface area contributed by atoms with Crippen molar-refractivity contribution in [2.45, 2.75) is 12.3 Å². The highest BCUT2D eigenvalue weighted by atomic mass is 35.5. The van der Waals surface area contributed by atoms with E-state index < -0.39 is 0 Å². The van der Waals surface area contributed by atoms with E-state index in [1.165, 1.54) is 0 Å². The highest BCUT2D eigenvalue weighted by Crippen LogP contribution is 2.28. The Morgan fingerprint density at radius 3 is 2.77 bits per heavy atom. The Balaban J connectivity index is 1.86. The van der Waals surface area contributed by atoms with Crippen molar-refractivity contribution in [1.29, 1.82) is 0 Å². The number of fused-ring (bicyclic) bond motifs is 1. The molecule has 1 aromatic heterocycles. The van der Waals surface area contributed by atoms with Crippen molar-refractivity contribution in [3.8, 4) is 5.75 Å². The van der Waals surface area contributed by atoms with Crippen LogP contribution in [0.25, 0.3) is 11.0 Å². The maximum atomic E-state index is 6.19. The zero-order chi connectivity index (χ0) is 15.5. The third-order valence-corrected chi connectivity index (χ3v) is 4.07. The minimum absolute atomic E-state index is 0.122. The van der Waals surface area contributed by atoms with Crippen molar-refractivity contribution in [3.63, 3.8) is 0 Å². The summed E-state index contributed by atoms with van der Waals surface area (Å²) in [6.07, 6.45) is 0.778. The van der Waals surface area contributed by atoms with Gasteiger partial charge in [0, 0.05) is 12.5 Å². The summed E-state index contributed by atoms with van der Waals surface area (Å²) in [4.78, 5) is 8.00. The Hall–Kier alpha value is -2.04. The summed E-state index contributed by atoms with van der Waals surface area (Å²) in [5.74, 6) is 1.71. The molecule has 5 heteroatoms. The number of halogens is 1. The number of nitrogens with two attached hydrogens (primary N) is 1. The van der Waals surface area contributed by atoms with E-state index in [0.29, 0.717) is 17.3 Å². The molecule has 0 fully saturated rings. The number of para-hydroxylation sites is 2. The molecule has 1 atom stereocenters. The standard InChI is InChI=1S/C17H18ClN3O/c1-22-16-7-6-11(9-13(16)18)8-12(10-19)17-20-14-4-2-3-5-15(14)21-17/h2-7,9,12H,8,10,19H2,1H3,(H,20,21). The number of hydrogen-bond acceptors (Lipinski definition) is 3. The maximum absolute atomic E-state index is 6.19. The second-order valence-electron chi connectivity index (χ2n) is 5.24. The second kappa shape index (κ2) is 6.38. The smallest absolute Gasteiger partial charge is 0.137 e. The average molecular weight is 316 g/mol. The van der Waals surface area contributed by atoms with E-state index in [1.807, 2.05) is 42.5 Å². The topological polar surface area (TPSA) is 63.9 Å². The lowest BCUT2D eigenvalue weighted by molar-refractivity contribution is 0.415. The van der Waals surface area contributed by atoms with Gasteiger partial charge in [0.25, 0.3) is 0 Å². The molecule has 1 unspecified atom stereocenters. The van der Waals surface area contributed by atoms with Gasteiger partial charge < -0.3 is 15.5 Å². The fourth-order valence-corrected chi connectivity index (χ4v) is 2.86. The summed E-state index contributed by atoms with van der Waals surface area (Å²) >= 11 is 6.19. The molecule has 3 aromatic rings. The molecule has 22 heavy (non-hydrogen) atoms. The van der Waals surface area contributed by atoms with Crippen LogP contribution in [-0.4, -0.2) is 23.6 Å². The number of benzene rings is 2. The first-order chi connectivity index (χ1) is 10.7. The first-order valence-corrected chi connectivity index (χ1v) is 7.56. The van der Waals surface area contributed by atoms with Gasteiger partial charge in [-0.1, -0.05) is 29.8 Å². The molecule has 4 nitrogen and oxygen atoms in total. The Labute approximate surface area is 134 Å². The molecular formula is C17H18ClN3O. The van der Waals surface area contributed by atoms with Gasteiger partial charge in [-0.15, -0.1) is 0 Å². The number of hydrogen-bond donors (Lipinski definition) is 2. The Kier molecular flexibility index (Phi) is 4.32. The van der Waals surface area contributed by atoms with Gasteiger partial charge in [-0.2, -0.15) is 0 Å². The lowest BCUT2D eigenvalue weighted by Crippen LogP contribution is -2.16. The maximum Gasteiger partial charge on any atom is 0.137 e. The Morgan fingerprint density at radius 1 is 1.27 bits per heavy atom. The molecular weight excluding hydrogens is 298 g/mol. The number of H-pyrrole nitrogens is 1. The van der Waals surface area contributed by atoms with E-state index in [0.717, 1.165) is 28.8 Å². The molecule has 0 bridgehead atoms. The molecule has 1 heterocycles. The lowest BCUT2D eigenvalue weighted by Gasteiger charge is -2.13. The SMILES string of the molecule is COc1ccc(CC(CN)c2nc3ccccc3[nH]2)cc1Cl. The molecule has 0 saturated heterocycles. The summed E-state index contributed by atoms with van der Waals surface area (Å²) in [5.41, 5.74) is 9.06. The monoisotopic (exact) mass is 315 g/mol. The predicted molar refractivity (Wildman–Crippen MR) is 89.6 cm³/mol. The number of aromatic amines is 1. The van der Waals surface area contributed by atoms with Gasteiger partial charge in [-0.25, -0.2) is 4.98 Å². The molecule has 0 spiro atoms. The molecule has 2 aromatic carbocycles. The largest absolute Gasteiger partial charge is 0.495 e. The van der Waals surface area contributed by atoms with Gasteiger partial charge in [-0.3, -0.25) is 0 Å². The van der Waals surface area contributed by atoms with E-state index in [-0.39, 0.29) is 5.92 Å². The van der Waals surface area contributed by atoms with Crippen molar-refractivity contribution in [1.82, 2.24) is 9.97 Å². The van der Waals surface area contributed by atoms with Gasteiger partial charge in [0.2, 0.25) is 0 Å². The van der Waals surface area contributed by atoms with Crippen molar-refractivity contribution in [2.75, 3.05) is 13.7 Å². The number of methoxy groups -OCH3 is 1. The van der Waals surface area contributed by atoms with E-state index >= 15 is 0 Å². The lowest BCUT2D eigenvalue weighted by atomic mass is 9.98. The van der Waals surface area contributed by atoms with Crippen LogP contribution in [0.5, 0.6) is 5.75 Å². The van der Waals surface area contributed by atoms with Crippen LogP contribution in [0.15, 0.2) is 42.5 Å². The molecule has 0 amide bonds. The number of imidazole rings is 1. The van der Waals surface area contributed by atoms with Crippen LogP contribution < -0.4 is 10.5 Å². The summed E-state index contributed by atoms with van der Waals surface area (Å²) in [6, 6.07) is 13.8. The summed E-state index contributed by atoms with van der Waals surface area (Å²) < 4.78 is 5.18. The Bertz CT molecular complexity index is 751. The molecule has 3 rings (SSSR count). The predicted octanol–water partition coefficient (Wildman–Crippen LogP) is 3.51. The summed E-state index contributed by atoms with van der Waals surface area (Å²) in [6.45, 7) is 0.517. The van der Waals surface area contributed by atoms with E-state index in [4.69, 9.17) is 22.1 Å².